The number of amides is 1. The molecule has 0 saturated heterocycles. The summed E-state index contributed by atoms with van der Waals surface area (Å²) < 4.78 is 0. The summed E-state index contributed by atoms with van der Waals surface area (Å²) in [5, 5.41) is 6.96. The number of carbonyl (C=O) groups excluding carboxylic acids is 1. The molecule has 7 nitrogen and oxygen atoms in total. The van der Waals surface area contributed by atoms with Gasteiger partial charge in [0.25, 0.3) is 5.91 Å². The number of nitrogens with zero attached hydrogens (tertiary/aromatic N) is 3. The fourth-order valence-electron chi connectivity index (χ4n) is 2.98. The van der Waals surface area contributed by atoms with E-state index in [1.54, 1.807) is 12.1 Å². The van der Waals surface area contributed by atoms with Crippen LogP contribution in [-0.2, 0) is 0 Å². The molecule has 1 heterocycles. The topological polar surface area (TPSA) is 105 Å². The van der Waals surface area contributed by atoms with Gasteiger partial charge in [-0.05, 0) is 70.4 Å². The first kappa shape index (κ1) is 19.5. The minimum Gasteiger partial charge on any atom is -0.364 e. The molecule has 2 unspecified atom stereocenters. The molecule has 1 amide bonds. The SMILES string of the molecule is CC(=NC(=NCC1CC1)NC(C)NC(C)C1CC1)c1cccc(C(N)=O)n1. The fourth-order valence-corrected chi connectivity index (χ4v) is 2.98. The van der Waals surface area contributed by atoms with Crippen molar-refractivity contribution in [2.24, 2.45) is 27.6 Å². The quantitative estimate of drug-likeness (QED) is 0.370. The molecule has 0 radical (unpaired) electrons. The number of guanidine groups is 1. The van der Waals surface area contributed by atoms with Crippen molar-refractivity contribution in [3.05, 3.63) is 29.6 Å². The smallest absolute Gasteiger partial charge is 0.267 e. The zero-order valence-electron chi connectivity index (χ0n) is 16.4. The summed E-state index contributed by atoms with van der Waals surface area (Å²) in [6, 6.07) is 5.67. The molecule has 2 aliphatic carbocycles. The van der Waals surface area contributed by atoms with Crippen LogP contribution >= 0.6 is 0 Å². The van der Waals surface area contributed by atoms with E-state index in [0.717, 1.165) is 12.5 Å². The van der Waals surface area contributed by atoms with Crippen LogP contribution in [0.2, 0.25) is 0 Å². The van der Waals surface area contributed by atoms with Crippen LogP contribution in [0, 0.1) is 11.8 Å². The van der Waals surface area contributed by atoms with E-state index in [0.29, 0.717) is 29.3 Å². The number of hydrogen-bond acceptors (Lipinski definition) is 4. The molecule has 2 atom stereocenters. The average Bonchev–Trinajstić information content (AvgIpc) is 3.53. The fraction of sp³-hybridized carbons (Fsp3) is 0.600. The van der Waals surface area contributed by atoms with Gasteiger partial charge in [-0.2, -0.15) is 0 Å². The number of rotatable bonds is 8. The Balaban J connectivity index is 1.71. The van der Waals surface area contributed by atoms with Crippen molar-refractivity contribution in [1.29, 1.82) is 0 Å². The first-order chi connectivity index (χ1) is 12.9. The molecule has 0 aliphatic heterocycles. The Morgan fingerprint density at radius 2 is 1.96 bits per heavy atom. The van der Waals surface area contributed by atoms with Gasteiger partial charge in [-0.15, -0.1) is 0 Å². The van der Waals surface area contributed by atoms with Gasteiger partial charge in [-0.1, -0.05) is 6.07 Å². The van der Waals surface area contributed by atoms with Crippen molar-refractivity contribution in [2.45, 2.75) is 58.7 Å². The molecule has 7 heteroatoms. The number of nitrogens with one attached hydrogen (secondary N) is 2. The molecule has 1 aromatic rings. The second kappa shape index (κ2) is 8.61. The molecule has 0 spiro atoms. The largest absolute Gasteiger partial charge is 0.364 e. The maximum Gasteiger partial charge on any atom is 0.267 e. The zero-order valence-corrected chi connectivity index (χ0v) is 16.4. The van der Waals surface area contributed by atoms with Crippen molar-refractivity contribution >= 4 is 17.6 Å². The number of carbonyl (C=O) groups is 1. The highest BCUT2D eigenvalue weighted by molar-refractivity contribution is 6.05. The Labute approximate surface area is 161 Å². The number of primary amides is 1. The van der Waals surface area contributed by atoms with Crippen LogP contribution in [0.15, 0.2) is 28.2 Å². The molecule has 4 N–H and O–H groups in total. The van der Waals surface area contributed by atoms with Gasteiger partial charge in [0.15, 0.2) is 0 Å². The summed E-state index contributed by atoms with van der Waals surface area (Å²) >= 11 is 0. The molecular formula is C20H30N6O. The lowest BCUT2D eigenvalue weighted by Gasteiger charge is -2.21. The summed E-state index contributed by atoms with van der Waals surface area (Å²) in [5.74, 6) is 1.53. The number of pyridine rings is 1. The third-order valence-corrected chi connectivity index (χ3v) is 5.03. The third kappa shape index (κ3) is 6.13. The highest BCUT2D eigenvalue weighted by atomic mass is 16.1. The Kier molecular flexibility index (Phi) is 6.21. The van der Waals surface area contributed by atoms with E-state index in [2.05, 4.69) is 39.4 Å². The summed E-state index contributed by atoms with van der Waals surface area (Å²) in [5.41, 5.74) is 6.88. The van der Waals surface area contributed by atoms with Crippen LogP contribution in [0.25, 0.3) is 0 Å². The van der Waals surface area contributed by atoms with Crippen molar-refractivity contribution in [3.63, 3.8) is 0 Å². The van der Waals surface area contributed by atoms with Gasteiger partial charge < -0.3 is 11.1 Å². The van der Waals surface area contributed by atoms with E-state index in [9.17, 15) is 4.79 Å². The number of aliphatic imine (C=N–C) groups is 2. The van der Waals surface area contributed by atoms with E-state index in [4.69, 9.17) is 5.73 Å². The lowest BCUT2D eigenvalue weighted by atomic mass is 10.2. The van der Waals surface area contributed by atoms with Gasteiger partial charge in [0.2, 0.25) is 5.96 Å². The van der Waals surface area contributed by atoms with E-state index >= 15 is 0 Å². The highest BCUT2D eigenvalue weighted by Crippen LogP contribution is 2.32. The first-order valence-electron chi connectivity index (χ1n) is 9.82. The average molecular weight is 371 g/mol. The Morgan fingerprint density at radius 3 is 2.59 bits per heavy atom. The Bertz CT molecular complexity index is 736. The van der Waals surface area contributed by atoms with Gasteiger partial charge in [-0.3, -0.25) is 15.1 Å². The molecule has 146 valence electrons. The maximum absolute atomic E-state index is 11.4. The van der Waals surface area contributed by atoms with Crippen LogP contribution in [0.3, 0.4) is 0 Å². The van der Waals surface area contributed by atoms with Crippen molar-refractivity contribution < 1.29 is 4.79 Å². The van der Waals surface area contributed by atoms with Gasteiger partial charge in [0.05, 0.1) is 17.6 Å². The van der Waals surface area contributed by atoms with Crippen LogP contribution in [-0.4, -0.2) is 41.3 Å². The number of aromatic nitrogens is 1. The summed E-state index contributed by atoms with van der Waals surface area (Å²) in [6.07, 6.45) is 5.17. The maximum atomic E-state index is 11.4. The molecule has 27 heavy (non-hydrogen) atoms. The molecule has 0 aromatic carbocycles. The lowest BCUT2D eigenvalue weighted by molar-refractivity contribution is 0.0995. The Hall–Kier alpha value is -2.28. The van der Waals surface area contributed by atoms with Crippen molar-refractivity contribution in [1.82, 2.24) is 15.6 Å². The second-order valence-electron chi connectivity index (χ2n) is 7.74. The minimum absolute atomic E-state index is 0.0695. The van der Waals surface area contributed by atoms with E-state index < -0.39 is 5.91 Å². The van der Waals surface area contributed by atoms with Gasteiger partial charge in [0, 0.05) is 12.6 Å². The second-order valence-corrected chi connectivity index (χ2v) is 7.74. The van der Waals surface area contributed by atoms with Crippen LogP contribution in [0.4, 0.5) is 0 Å². The third-order valence-electron chi connectivity index (χ3n) is 5.03. The predicted octanol–water partition coefficient (Wildman–Crippen LogP) is 2.08. The minimum atomic E-state index is -0.544. The van der Waals surface area contributed by atoms with Crippen molar-refractivity contribution in [2.75, 3.05) is 6.54 Å². The number of nitrogens with two attached hydrogens (primary N) is 1. The zero-order chi connectivity index (χ0) is 19.4. The van der Waals surface area contributed by atoms with Crippen LogP contribution < -0.4 is 16.4 Å². The predicted molar refractivity (Wildman–Crippen MR) is 108 cm³/mol. The van der Waals surface area contributed by atoms with Gasteiger partial charge in [0.1, 0.15) is 5.69 Å². The molecule has 2 aliphatic rings. The highest BCUT2D eigenvalue weighted by Gasteiger charge is 2.28. The monoisotopic (exact) mass is 370 g/mol. The van der Waals surface area contributed by atoms with E-state index in [1.807, 2.05) is 13.0 Å². The molecule has 1 aromatic heterocycles. The Morgan fingerprint density at radius 1 is 1.26 bits per heavy atom. The molecule has 2 fully saturated rings. The summed E-state index contributed by atoms with van der Waals surface area (Å²) in [6.45, 7) is 6.97. The number of hydrogen-bond donors (Lipinski definition) is 3. The summed E-state index contributed by atoms with van der Waals surface area (Å²) in [4.78, 5) is 25.0. The molecule has 0 bridgehead atoms. The lowest BCUT2D eigenvalue weighted by Crippen LogP contribution is -2.47. The van der Waals surface area contributed by atoms with Crippen LogP contribution in [0.1, 0.15) is 62.6 Å². The van der Waals surface area contributed by atoms with Gasteiger partial charge in [-0.25, -0.2) is 9.98 Å². The van der Waals surface area contributed by atoms with E-state index in [-0.39, 0.29) is 11.9 Å². The normalized spacial score (nSPS) is 20.3. The molecule has 3 rings (SSSR count). The van der Waals surface area contributed by atoms with E-state index in [1.165, 1.54) is 25.7 Å². The standard InChI is InChI=1S/C20H30N6O/c1-12(16-9-10-16)23-14(3)25-20(22-11-15-7-8-15)24-13(2)17-5-4-6-18(26-17)19(21)27/h4-6,12,14-16,23H,7-11H2,1-3H3,(H2,21,27)(H,22,25). The first-order valence-corrected chi connectivity index (χ1v) is 9.82. The van der Waals surface area contributed by atoms with Crippen LogP contribution in [0.5, 0.6) is 0 Å². The van der Waals surface area contributed by atoms with Gasteiger partial charge >= 0.3 is 0 Å². The molecular weight excluding hydrogens is 340 g/mol. The van der Waals surface area contributed by atoms with Crippen molar-refractivity contribution in [3.8, 4) is 0 Å². The molecule has 2 saturated carbocycles. The summed E-state index contributed by atoms with van der Waals surface area (Å²) in [7, 11) is 0.